The largest absolute Gasteiger partial charge is 0.462 e. The van der Waals surface area contributed by atoms with Crippen LogP contribution in [0.15, 0.2) is 24.3 Å². The summed E-state index contributed by atoms with van der Waals surface area (Å²) in [6.07, 6.45) is 2.98. The minimum atomic E-state index is -0.383. The van der Waals surface area contributed by atoms with E-state index in [4.69, 9.17) is 14.7 Å². The first-order valence-electron chi connectivity index (χ1n) is 13.8. The summed E-state index contributed by atoms with van der Waals surface area (Å²) in [5, 5.41) is 28.2. The summed E-state index contributed by atoms with van der Waals surface area (Å²) < 4.78 is 5.18. The maximum absolute atomic E-state index is 12.4. The molecule has 2 aliphatic heterocycles. The molecule has 1 saturated heterocycles. The fourth-order valence-corrected chi connectivity index (χ4v) is 6.10. The van der Waals surface area contributed by atoms with Gasteiger partial charge in [0.15, 0.2) is 5.13 Å². The van der Waals surface area contributed by atoms with Crippen molar-refractivity contribution in [3.8, 4) is 11.4 Å². The van der Waals surface area contributed by atoms with E-state index in [0.29, 0.717) is 53.5 Å². The molecule has 3 N–H and O–H groups in total. The highest BCUT2D eigenvalue weighted by Crippen LogP contribution is 2.36. The van der Waals surface area contributed by atoms with Gasteiger partial charge in [0, 0.05) is 37.3 Å². The molecule has 1 fully saturated rings. The Labute approximate surface area is 241 Å². The van der Waals surface area contributed by atoms with Gasteiger partial charge in [-0.1, -0.05) is 35.6 Å². The van der Waals surface area contributed by atoms with Crippen molar-refractivity contribution in [2.75, 3.05) is 41.4 Å². The number of hydrogen-bond donors (Lipinski definition) is 3. The quantitative estimate of drug-likeness (QED) is 0.263. The number of piperidine rings is 1. The minimum absolute atomic E-state index is 0.284. The number of nitrogens with one attached hydrogen (secondary N) is 2. The van der Waals surface area contributed by atoms with Crippen LogP contribution in [0.25, 0.3) is 11.4 Å². The number of aromatic amines is 1. The van der Waals surface area contributed by atoms with Crippen molar-refractivity contribution in [2.45, 2.75) is 52.2 Å². The Balaban J connectivity index is 1.31. The number of H-pyrrole nitrogens is 1. The predicted molar refractivity (Wildman–Crippen MR) is 155 cm³/mol. The number of anilines is 4. The average molecular weight is 577 g/mol. The molecule has 0 spiro atoms. The monoisotopic (exact) mass is 576 g/mol. The SMILES string of the molecule is CCOC(=O)c1sc(Nc2nc(N3CCC(O)CC3)c3c(n2)N(Cc2ccc(-c4nn[nH]n4)cc2)CCC3)nc1C. The van der Waals surface area contributed by atoms with Crippen LogP contribution < -0.4 is 15.1 Å². The van der Waals surface area contributed by atoms with Gasteiger partial charge in [-0.25, -0.2) is 9.78 Å². The third-order valence-electron chi connectivity index (χ3n) is 7.29. The number of rotatable bonds is 8. The summed E-state index contributed by atoms with van der Waals surface area (Å²) in [5.74, 6) is 2.37. The summed E-state index contributed by atoms with van der Waals surface area (Å²) in [6, 6.07) is 8.13. The van der Waals surface area contributed by atoms with Gasteiger partial charge in [0.2, 0.25) is 11.8 Å². The lowest BCUT2D eigenvalue weighted by Gasteiger charge is -2.36. The van der Waals surface area contributed by atoms with Crippen molar-refractivity contribution in [2.24, 2.45) is 0 Å². The van der Waals surface area contributed by atoms with Crippen LogP contribution in [0.4, 0.5) is 22.7 Å². The molecule has 0 bridgehead atoms. The van der Waals surface area contributed by atoms with Crippen LogP contribution in [-0.4, -0.2) is 79.0 Å². The van der Waals surface area contributed by atoms with Crippen molar-refractivity contribution in [3.63, 3.8) is 0 Å². The van der Waals surface area contributed by atoms with Gasteiger partial charge in [-0.05, 0) is 50.3 Å². The smallest absolute Gasteiger partial charge is 0.350 e. The standard InChI is InChI=1S/C27H32N10O3S/c1-3-40-25(39)21-16(2)28-27(41-21)31-26-29-23(36-13-10-19(38)11-14-36)20-5-4-12-37(24(20)30-26)15-17-6-8-18(9-7-17)22-32-34-35-33-22/h6-9,19,38H,3-5,10-15H2,1-2H3,(H,28,29,30,31)(H,32,33,34,35). The highest BCUT2D eigenvalue weighted by molar-refractivity contribution is 7.17. The second-order valence-electron chi connectivity index (χ2n) is 10.1. The number of ether oxygens (including phenoxy) is 1. The van der Waals surface area contributed by atoms with E-state index < -0.39 is 0 Å². The molecular formula is C27H32N10O3S. The van der Waals surface area contributed by atoms with Gasteiger partial charge >= 0.3 is 5.97 Å². The molecule has 5 heterocycles. The lowest BCUT2D eigenvalue weighted by atomic mass is 10.0. The van der Waals surface area contributed by atoms with Crippen molar-refractivity contribution >= 4 is 40.0 Å². The van der Waals surface area contributed by atoms with Crippen molar-refractivity contribution in [1.82, 2.24) is 35.6 Å². The highest BCUT2D eigenvalue weighted by Gasteiger charge is 2.29. The number of tetrazole rings is 1. The zero-order chi connectivity index (χ0) is 28.3. The lowest BCUT2D eigenvalue weighted by Crippen LogP contribution is -2.38. The van der Waals surface area contributed by atoms with Gasteiger partial charge < -0.3 is 19.6 Å². The molecule has 4 aromatic rings. The van der Waals surface area contributed by atoms with Crippen LogP contribution in [0.5, 0.6) is 0 Å². The van der Waals surface area contributed by atoms with Crippen molar-refractivity contribution in [3.05, 3.63) is 46.0 Å². The molecule has 1 aromatic carbocycles. The molecule has 13 nitrogen and oxygen atoms in total. The van der Waals surface area contributed by atoms with E-state index in [1.165, 1.54) is 11.3 Å². The Bertz CT molecular complexity index is 1500. The molecule has 2 aliphatic rings. The zero-order valence-electron chi connectivity index (χ0n) is 23.0. The fraction of sp³-hybridized carbons (Fsp3) is 0.444. The first kappa shape index (κ1) is 27.0. The van der Waals surface area contributed by atoms with E-state index >= 15 is 0 Å². The number of aliphatic hydroxyl groups excluding tert-OH is 1. The number of aryl methyl sites for hydroxylation is 1. The molecule has 0 saturated carbocycles. The maximum Gasteiger partial charge on any atom is 0.350 e. The third kappa shape index (κ3) is 5.84. The normalized spacial score (nSPS) is 15.6. The Morgan fingerprint density at radius 3 is 2.66 bits per heavy atom. The highest BCUT2D eigenvalue weighted by atomic mass is 32.1. The average Bonchev–Trinajstić information content (AvgIpc) is 3.64. The molecule has 6 rings (SSSR count). The summed E-state index contributed by atoms with van der Waals surface area (Å²) in [4.78, 5) is 31.8. The molecule has 0 radical (unpaired) electrons. The summed E-state index contributed by atoms with van der Waals surface area (Å²) in [7, 11) is 0. The number of esters is 1. The van der Waals surface area contributed by atoms with E-state index in [1.54, 1.807) is 13.8 Å². The van der Waals surface area contributed by atoms with Crippen LogP contribution >= 0.6 is 11.3 Å². The first-order chi connectivity index (χ1) is 20.0. The maximum atomic E-state index is 12.4. The topological polar surface area (TPSA) is 158 Å². The van der Waals surface area contributed by atoms with Gasteiger partial charge in [0.25, 0.3) is 0 Å². The number of aromatic nitrogens is 7. The number of carbonyl (C=O) groups is 1. The first-order valence-corrected chi connectivity index (χ1v) is 14.6. The third-order valence-corrected chi connectivity index (χ3v) is 8.34. The molecule has 3 aromatic heterocycles. The number of benzene rings is 1. The second kappa shape index (κ2) is 11.7. The molecule has 0 amide bonds. The van der Waals surface area contributed by atoms with Gasteiger partial charge in [0.05, 0.1) is 18.4 Å². The van der Waals surface area contributed by atoms with E-state index in [9.17, 15) is 9.90 Å². The number of aliphatic hydroxyl groups is 1. The Morgan fingerprint density at radius 1 is 1.15 bits per heavy atom. The van der Waals surface area contributed by atoms with E-state index in [2.05, 4.69) is 52.9 Å². The summed E-state index contributed by atoms with van der Waals surface area (Å²) in [6.45, 7) is 6.86. The predicted octanol–water partition coefficient (Wildman–Crippen LogP) is 3.26. The molecule has 0 unspecified atom stereocenters. The fourth-order valence-electron chi connectivity index (χ4n) is 5.24. The van der Waals surface area contributed by atoms with Crippen LogP contribution in [0.3, 0.4) is 0 Å². The number of thiazole rings is 1. The molecular weight excluding hydrogens is 544 g/mol. The number of fused-ring (bicyclic) bond motifs is 1. The lowest BCUT2D eigenvalue weighted by molar-refractivity contribution is 0.0531. The van der Waals surface area contributed by atoms with Gasteiger partial charge in [-0.3, -0.25) is 5.32 Å². The number of hydrogen-bond acceptors (Lipinski definition) is 13. The molecule has 0 atom stereocenters. The Morgan fingerprint density at radius 2 is 1.93 bits per heavy atom. The number of nitrogens with zero attached hydrogens (tertiary/aromatic N) is 8. The van der Waals surface area contributed by atoms with Crippen LogP contribution in [0, 0.1) is 6.92 Å². The summed E-state index contributed by atoms with van der Waals surface area (Å²) >= 11 is 1.23. The van der Waals surface area contributed by atoms with E-state index in [1.807, 2.05) is 12.1 Å². The molecule has 41 heavy (non-hydrogen) atoms. The number of carbonyl (C=O) groups excluding carboxylic acids is 1. The molecule has 0 aliphatic carbocycles. The zero-order valence-corrected chi connectivity index (χ0v) is 23.8. The Hall–Kier alpha value is -4.17. The minimum Gasteiger partial charge on any atom is -0.462 e. The Kier molecular flexibility index (Phi) is 7.74. The molecule has 14 heteroatoms. The van der Waals surface area contributed by atoms with Crippen molar-refractivity contribution < 1.29 is 14.6 Å². The van der Waals surface area contributed by atoms with Crippen LogP contribution in [0.1, 0.15) is 52.7 Å². The molecule has 214 valence electrons. The van der Waals surface area contributed by atoms with E-state index in [0.717, 1.165) is 60.8 Å². The van der Waals surface area contributed by atoms with Crippen molar-refractivity contribution in [1.29, 1.82) is 0 Å². The summed E-state index contributed by atoms with van der Waals surface area (Å²) in [5.41, 5.74) is 3.75. The van der Waals surface area contributed by atoms with Crippen LogP contribution in [0.2, 0.25) is 0 Å². The second-order valence-corrected chi connectivity index (χ2v) is 11.1. The van der Waals surface area contributed by atoms with Gasteiger partial charge in [0.1, 0.15) is 16.5 Å². The van der Waals surface area contributed by atoms with Gasteiger partial charge in [-0.2, -0.15) is 15.2 Å². The van der Waals surface area contributed by atoms with Gasteiger partial charge in [-0.15, -0.1) is 10.2 Å². The van der Waals surface area contributed by atoms with E-state index in [-0.39, 0.29) is 12.1 Å². The van der Waals surface area contributed by atoms with Crippen LogP contribution in [-0.2, 0) is 17.7 Å².